The minimum absolute atomic E-state index is 0.0584. The number of amidine groups is 1. The van der Waals surface area contributed by atoms with Gasteiger partial charge in [0.15, 0.2) is 0 Å². The lowest BCUT2D eigenvalue weighted by Gasteiger charge is -2.13. The number of benzene rings is 1. The molecule has 1 amide bonds. The minimum Gasteiger partial charge on any atom is -0.371 e. The monoisotopic (exact) mass is 291 g/mol. The summed E-state index contributed by atoms with van der Waals surface area (Å²) in [6.07, 6.45) is 0. The molecule has 0 spiro atoms. The lowest BCUT2D eigenvalue weighted by atomic mass is 10.2. The van der Waals surface area contributed by atoms with Gasteiger partial charge in [0, 0.05) is 20.7 Å². The predicted octanol–water partition coefficient (Wildman–Crippen LogP) is 2.91. The van der Waals surface area contributed by atoms with E-state index in [0.717, 1.165) is 11.5 Å². The third kappa shape index (κ3) is 6.40. The maximum absolute atomic E-state index is 11.9. The zero-order chi connectivity index (χ0) is 15.8. The summed E-state index contributed by atoms with van der Waals surface area (Å²) < 4.78 is 5.33. The first-order valence-corrected chi connectivity index (χ1v) is 7.09. The summed E-state index contributed by atoms with van der Waals surface area (Å²) in [6.45, 7) is 6.65. The molecule has 0 fully saturated rings. The lowest BCUT2D eigenvalue weighted by molar-refractivity contribution is -0.120. The molecule has 0 saturated heterocycles. The highest BCUT2D eigenvalue weighted by Gasteiger charge is 2.07. The van der Waals surface area contributed by atoms with Crippen LogP contribution in [0.4, 0.5) is 11.4 Å². The number of carbonyl (C=O) groups is 1. The van der Waals surface area contributed by atoms with Crippen LogP contribution in [0, 0.1) is 5.92 Å². The van der Waals surface area contributed by atoms with Crippen LogP contribution in [-0.2, 0) is 9.53 Å². The van der Waals surface area contributed by atoms with Crippen LogP contribution in [0.25, 0.3) is 0 Å². The molecular formula is C16H25N3O2. The summed E-state index contributed by atoms with van der Waals surface area (Å²) in [6, 6.07) is 7.47. The number of nitrogens with one attached hydrogen (secondary N) is 1. The number of carbonyl (C=O) groups excluding carboxylic acids is 1. The molecule has 0 aliphatic heterocycles. The Balaban J connectivity index is 2.71. The molecule has 1 aromatic rings. The lowest BCUT2D eigenvalue weighted by Crippen LogP contribution is -2.20. The van der Waals surface area contributed by atoms with Crippen molar-refractivity contribution in [1.29, 1.82) is 0 Å². The molecule has 0 aliphatic rings. The first-order valence-electron chi connectivity index (χ1n) is 7.09. The van der Waals surface area contributed by atoms with E-state index in [9.17, 15) is 4.79 Å². The van der Waals surface area contributed by atoms with Gasteiger partial charge in [-0.2, -0.15) is 0 Å². The Morgan fingerprint density at radius 1 is 1.33 bits per heavy atom. The van der Waals surface area contributed by atoms with Crippen LogP contribution >= 0.6 is 0 Å². The van der Waals surface area contributed by atoms with Gasteiger partial charge in [0.1, 0.15) is 12.4 Å². The summed E-state index contributed by atoms with van der Waals surface area (Å²) in [4.78, 5) is 18.3. The van der Waals surface area contributed by atoms with Crippen molar-refractivity contribution in [3.05, 3.63) is 24.3 Å². The molecule has 0 aromatic heterocycles. The number of rotatable bonds is 6. The molecule has 21 heavy (non-hydrogen) atoms. The Bertz CT molecular complexity index is 496. The largest absolute Gasteiger partial charge is 0.371 e. The van der Waals surface area contributed by atoms with Gasteiger partial charge in [-0.3, -0.25) is 4.79 Å². The summed E-state index contributed by atoms with van der Waals surface area (Å²) >= 11 is 0. The van der Waals surface area contributed by atoms with E-state index in [4.69, 9.17) is 4.74 Å². The Hall–Kier alpha value is -1.88. The van der Waals surface area contributed by atoms with Crippen LogP contribution in [0.1, 0.15) is 20.8 Å². The first-order chi connectivity index (χ1) is 9.90. The molecule has 0 heterocycles. The van der Waals surface area contributed by atoms with Crippen LogP contribution in [0.3, 0.4) is 0 Å². The highest BCUT2D eigenvalue weighted by molar-refractivity contribution is 5.95. The Morgan fingerprint density at radius 3 is 2.62 bits per heavy atom. The minimum atomic E-state index is -0.166. The van der Waals surface area contributed by atoms with Gasteiger partial charge in [0.05, 0.1) is 11.4 Å². The molecule has 0 bridgehead atoms. The van der Waals surface area contributed by atoms with Gasteiger partial charge in [0.2, 0.25) is 5.91 Å². The van der Waals surface area contributed by atoms with E-state index < -0.39 is 0 Å². The van der Waals surface area contributed by atoms with Crippen molar-refractivity contribution < 1.29 is 9.53 Å². The average Bonchev–Trinajstić information content (AvgIpc) is 2.40. The molecule has 1 N–H and O–H groups in total. The topological polar surface area (TPSA) is 53.9 Å². The predicted molar refractivity (Wildman–Crippen MR) is 87.2 cm³/mol. The van der Waals surface area contributed by atoms with E-state index in [-0.39, 0.29) is 12.5 Å². The average molecular weight is 291 g/mol. The van der Waals surface area contributed by atoms with Gasteiger partial charge in [-0.05, 0) is 25.0 Å². The van der Waals surface area contributed by atoms with Gasteiger partial charge in [-0.1, -0.05) is 26.0 Å². The highest BCUT2D eigenvalue weighted by atomic mass is 16.5. The number of aliphatic imine (C=N–C) groups is 1. The van der Waals surface area contributed by atoms with Crippen molar-refractivity contribution >= 4 is 23.1 Å². The van der Waals surface area contributed by atoms with Gasteiger partial charge in [-0.25, -0.2) is 4.99 Å². The normalized spacial score (nSPS) is 11.6. The number of hydrogen-bond donors (Lipinski definition) is 1. The molecule has 0 unspecified atom stereocenters. The fraction of sp³-hybridized carbons (Fsp3) is 0.500. The molecule has 5 heteroatoms. The summed E-state index contributed by atoms with van der Waals surface area (Å²) in [5, 5.41) is 2.84. The van der Waals surface area contributed by atoms with Gasteiger partial charge < -0.3 is 15.0 Å². The summed E-state index contributed by atoms with van der Waals surface area (Å²) in [7, 11) is 3.86. The van der Waals surface area contributed by atoms with Crippen molar-refractivity contribution in [1.82, 2.24) is 4.90 Å². The fourth-order valence-corrected chi connectivity index (χ4v) is 1.52. The molecule has 116 valence electrons. The highest BCUT2D eigenvalue weighted by Crippen LogP contribution is 2.24. The van der Waals surface area contributed by atoms with Crippen LogP contribution in [-0.4, -0.2) is 44.0 Å². The van der Waals surface area contributed by atoms with Crippen LogP contribution in [0.2, 0.25) is 0 Å². The number of nitrogens with zero attached hydrogens (tertiary/aromatic N) is 2. The van der Waals surface area contributed by atoms with E-state index in [1.54, 1.807) is 0 Å². The summed E-state index contributed by atoms with van der Waals surface area (Å²) in [5.74, 6) is 1.12. The second-order valence-electron chi connectivity index (χ2n) is 5.53. The molecular weight excluding hydrogens is 266 g/mol. The molecule has 0 radical (unpaired) electrons. The molecule has 0 atom stereocenters. The van der Waals surface area contributed by atoms with E-state index in [0.29, 0.717) is 18.2 Å². The molecule has 0 saturated carbocycles. The van der Waals surface area contributed by atoms with Crippen molar-refractivity contribution in [2.45, 2.75) is 20.8 Å². The number of amides is 1. The SMILES string of the molecule is CC(=Nc1ccccc1NC(=O)COCC(C)C)N(C)C. The van der Waals surface area contributed by atoms with E-state index in [1.807, 2.05) is 64.0 Å². The molecule has 5 nitrogen and oxygen atoms in total. The van der Waals surface area contributed by atoms with Crippen molar-refractivity contribution in [3.63, 3.8) is 0 Å². The van der Waals surface area contributed by atoms with Crippen molar-refractivity contribution in [2.75, 3.05) is 32.6 Å². The standard InChI is InChI=1S/C16H25N3O2/c1-12(2)10-21-11-16(20)18-15-9-7-6-8-14(15)17-13(3)19(4)5/h6-9,12H,10-11H2,1-5H3,(H,18,20). The van der Waals surface area contributed by atoms with Gasteiger partial charge >= 0.3 is 0 Å². The Morgan fingerprint density at radius 2 is 2.00 bits per heavy atom. The van der Waals surface area contributed by atoms with Gasteiger partial charge in [0.25, 0.3) is 0 Å². The maximum Gasteiger partial charge on any atom is 0.250 e. The first kappa shape index (κ1) is 17.2. The van der Waals surface area contributed by atoms with Crippen LogP contribution in [0.5, 0.6) is 0 Å². The molecule has 1 rings (SSSR count). The van der Waals surface area contributed by atoms with Crippen LogP contribution < -0.4 is 5.32 Å². The van der Waals surface area contributed by atoms with E-state index in [1.165, 1.54) is 0 Å². The van der Waals surface area contributed by atoms with Crippen LogP contribution in [0.15, 0.2) is 29.3 Å². The Kier molecular flexibility index (Phi) is 6.88. The smallest absolute Gasteiger partial charge is 0.250 e. The van der Waals surface area contributed by atoms with E-state index in [2.05, 4.69) is 10.3 Å². The zero-order valence-electron chi connectivity index (χ0n) is 13.5. The van der Waals surface area contributed by atoms with Crippen molar-refractivity contribution in [2.24, 2.45) is 10.9 Å². The van der Waals surface area contributed by atoms with Crippen molar-refractivity contribution in [3.8, 4) is 0 Å². The van der Waals surface area contributed by atoms with E-state index >= 15 is 0 Å². The number of hydrogen-bond acceptors (Lipinski definition) is 3. The fourth-order valence-electron chi connectivity index (χ4n) is 1.52. The second-order valence-corrected chi connectivity index (χ2v) is 5.53. The third-order valence-corrected chi connectivity index (χ3v) is 2.79. The number of para-hydroxylation sites is 2. The second kappa shape index (κ2) is 8.42. The maximum atomic E-state index is 11.9. The number of ether oxygens (including phenoxy) is 1. The zero-order valence-corrected chi connectivity index (χ0v) is 13.5. The number of anilines is 1. The van der Waals surface area contributed by atoms with Gasteiger partial charge in [-0.15, -0.1) is 0 Å². The molecule has 1 aromatic carbocycles. The third-order valence-electron chi connectivity index (χ3n) is 2.79. The summed E-state index contributed by atoms with van der Waals surface area (Å²) in [5.41, 5.74) is 1.43. The quantitative estimate of drug-likeness (QED) is 0.647. The Labute approximate surface area is 127 Å². The molecule has 0 aliphatic carbocycles.